The molecule has 0 N–H and O–H groups in total. The largest absolute Gasteiger partial charge is 0.310 e. The predicted molar refractivity (Wildman–Crippen MR) is 263 cm³/mol. The van der Waals surface area contributed by atoms with Crippen molar-refractivity contribution in [3.63, 3.8) is 0 Å². The van der Waals surface area contributed by atoms with Crippen LogP contribution in [0.3, 0.4) is 0 Å². The van der Waals surface area contributed by atoms with E-state index in [-0.39, 0.29) is 11.1 Å². The van der Waals surface area contributed by atoms with Gasteiger partial charge in [-0.15, -0.1) is 0 Å². The van der Waals surface area contributed by atoms with Gasteiger partial charge in [0.25, 0.3) is 0 Å². The topological polar surface area (TPSA) is 8.17 Å². The van der Waals surface area contributed by atoms with Crippen molar-refractivity contribution in [1.82, 2.24) is 4.57 Å². The minimum absolute atomic E-state index is 0.148. The van der Waals surface area contributed by atoms with Gasteiger partial charge in [-0.2, -0.15) is 0 Å². The molecule has 1 aromatic heterocycles. The highest BCUT2D eigenvalue weighted by Crippen LogP contribution is 2.43. The number of hydrogen-bond donors (Lipinski definition) is 0. The molecular weight excluding hydrogens is 749 g/mol. The fourth-order valence-corrected chi connectivity index (χ4v) is 7.33. The number of nitrogens with zero attached hydrogens (tertiary/aromatic N) is 2. The van der Waals surface area contributed by atoms with E-state index in [0.717, 1.165) is 27.7 Å². The molecule has 0 aliphatic heterocycles. The Morgan fingerprint density at radius 3 is 1.50 bits per heavy atom. The molecule has 0 aliphatic carbocycles. The van der Waals surface area contributed by atoms with Crippen LogP contribution in [0.4, 0.5) is 17.1 Å². The van der Waals surface area contributed by atoms with Crippen molar-refractivity contribution in [2.45, 2.75) is 0 Å². The number of hydrogen-bond acceptors (Lipinski definition) is 1. The summed E-state index contributed by atoms with van der Waals surface area (Å²) in [5, 5.41) is 1.36. The molecule has 0 amide bonds. The molecule has 2 nitrogen and oxygen atoms in total. The first-order valence-electron chi connectivity index (χ1n) is 32.1. The third-order valence-corrected chi connectivity index (χ3v) is 10.1. The average Bonchev–Trinajstić information content (AvgIpc) is 1.01. The summed E-state index contributed by atoms with van der Waals surface area (Å²) in [6, 6.07) is 3.64. The summed E-state index contributed by atoms with van der Waals surface area (Å²) in [4.78, 5) is 0.459. The van der Waals surface area contributed by atoms with E-state index in [1.54, 1.807) is 18.2 Å². The van der Waals surface area contributed by atoms with Gasteiger partial charge < -0.3 is 9.47 Å². The second kappa shape index (κ2) is 16.1. The summed E-state index contributed by atoms with van der Waals surface area (Å²) in [6.07, 6.45) is 0. The Morgan fingerprint density at radius 1 is 0.323 bits per heavy atom. The van der Waals surface area contributed by atoms with Gasteiger partial charge in [0.05, 0.1) is 58.0 Å². The van der Waals surface area contributed by atoms with Crippen molar-refractivity contribution < 1.29 is 35.6 Å². The molecule has 0 fully saturated rings. The number of fused-ring (bicyclic) bond motifs is 3. The van der Waals surface area contributed by atoms with E-state index in [1.807, 2.05) is 78.9 Å². The van der Waals surface area contributed by atoms with Gasteiger partial charge in [0.2, 0.25) is 0 Å². The molecule has 62 heavy (non-hydrogen) atoms. The number of para-hydroxylation sites is 3. The van der Waals surface area contributed by atoms with Gasteiger partial charge in [0.1, 0.15) is 0 Å². The maximum absolute atomic E-state index is 9.88. The number of anilines is 3. The number of aromatic nitrogens is 1. The maximum atomic E-state index is 9.88. The molecule has 0 radical (unpaired) electrons. The van der Waals surface area contributed by atoms with Crippen LogP contribution < -0.4 is 4.90 Å². The summed E-state index contributed by atoms with van der Waals surface area (Å²) >= 11 is 0. The Morgan fingerprint density at radius 2 is 0.823 bits per heavy atom. The van der Waals surface area contributed by atoms with Crippen LogP contribution in [-0.4, -0.2) is 4.57 Å². The molecule has 0 aliphatic rings. The van der Waals surface area contributed by atoms with E-state index in [4.69, 9.17) is 21.9 Å². The number of rotatable bonds is 9. The third-order valence-electron chi connectivity index (χ3n) is 10.1. The van der Waals surface area contributed by atoms with E-state index in [0.29, 0.717) is 15.8 Å². The van der Waals surface area contributed by atoms with Gasteiger partial charge in [0.15, 0.2) is 0 Å². The van der Waals surface area contributed by atoms with Crippen molar-refractivity contribution in [3.8, 4) is 61.3 Å². The first kappa shape index (κ1) is 18.6. The first-order valence-corrected chi connectivity index (χ1v) is 19.1. The summed E-state index contributed by atoms with van der Waals surface area (Å²) in [5.41, 5.74) is -4.31. The zero-order valence-corrected chi connectivity index (χ0v) is 32.1. The Labute approximate surface area is 399 Å². The Balaban J connectivity index is 1.21. The lowest BCUT2D eigenvalue weighted by atomic mass is 9.99. The van der Waals surface area contributed by atoms with Crippen LogP contribution >= 0.6 is 0 Å². The third kappa shape index (κ3) is 6.84. The summed E-state index contributed by atoms with van der Waals surface area (Å²) < 4.78 is 238. The molecule has 292 valence electrons. The lowest BCUT2D eigenvalue weighted by Gasteiger charge is -2.28. The van der Waals surface area contributed by atoms with E-state index >= 15 is 0 Å². The van der Waals surface area contributed by atoms with Crippen molar-refractivity contribution >= 4 is 38.9 Å². The van der Waals surface area contributed by atoms with Crippen LogP contribution in [0.15, 0.2) is 254 Å². The highest BCUT2D eigenvalue weighted by Gasteiger charge is 2.19. The Kier molecular flexibility index (Phi) is 4.83. The standard InChI is InChI=1S/C60H42N2/c1-4-16-43(17-5-1)44-28-30-45(31-29-44)46-32-37-51(38-33-46)61(57-25-13-10-22-53(57)48-18-6-2-7-19-48)52-39-34-47(35-40-52)50-36-41-60-56(42-50)55-24-12-15-27-59(55)62(60)58-26-14-11-23-54(58)49-20-8-3-9-21-49/h1-42H/i1D,2D,4D,5D,6D,7D,10D,13D,16D,17D,18D,19D,22D,25D,28D,29D,30D,31D,32D,33D,34D,35D,37D,38D,39D,40D. The van der Waals surface area contributed by atoms with E-state index in [2.05, 4.69) is 4.57 Å². The summed E-state index contributed by atoms with van der Waals surface area (Å²) in [5.74, 6) is 0. The fourth-order valence-electron chi connectivity index (χ4n) is 7.33. The van der Waals surface area contributed by atoms with Crippen molar-refractivity contribution in [3.05, 3.63) is 254 Å². The van der Waals surface area contributed by atoms with Gasteiger partial charge in [-0.1, -0.05) is 200 Å². The molecule has 0 unspecified atom stereocenters. The predicted octanol–water partition coefficient (Wildman–Crippen LogP) is 16.6. The van der Waals surface area contributed by atoms with Gasteiger partial charge in [0, 0.05) is 33.3 Å². The Hall–Kier alpha value is -8.20. The molecular formula is C60H42N2. The SMILES string of the molecule is [2H]c1c([2H])c([2H])c(-c2c([2H])c([2H])c(-c3c([2H])c([2H])c(N(c4c([2H])c([2H])c(-c5ccc6c(c5)c5ccccc5n6-c5ccccc5-c5ccccc5)c([2H])c4[2H])c4c([2H])c([2H])c([2H])c([2H])c4-c4c([2H])c([2H])c([2H])c([2H])c4[2H])c([2H])c3[2H])c([2H])c2[2H])c([2H])c1[2H]. The maximum Gasteiger partial charge on any atom is 0.0645 e. The first-order chi connectivity index (χ1) is 41.6. The fraction of sp³-hybridized carbons (Fsp3) is 0. The van der Waals surface area contributed by atoms with Gasteiger partial charge in [-0.05, 0) is 99.0 Å². The molecule has 0 saturated carbocycles. The van der Waals surface area contributed by atoms with Crippen molar-refractivity contribution in [1.29, 1.82) is 0 Å². The van der Waals surface area contributed by atoms with Crippen molar-refractivity contribution in [2.24, 2.45) is 0 Å². The quantitative estimate of drug-likeness (QED) is 0.141. The highest BCUT2D eigenvalue weighted by molar-refractivity contribution is 6.11. The zero-order chi connectivity index (χ0) is 63.9. The van der Waals surface area contributed by atoms with Crippen LogP contribution in [0, 0.1) is 0 Å². The van der Waals surface area contributed by atoms with Crippen LogP contribution in [0.1, 0.15) is 35.6 Å². The molecule has 11 rings (SSSR count). The van der Waals surface area contributed by atoms with E-state index in [9.17, 15) is 13.7 Å². The van der Waals surface area contributed by atoms with E-state index < -0.39 is 208 Å². The van der Waals surface area contributed by atoms with Crippen LogP contribution in [0.5, 0.6) is 0 Å². The lowest BCUT2D eigenvalue weighted by Crippen LogP contribution is -2.11. The number of benzene rings is 10. The normalized spacial score (nSPS) is 17.1. The Bertz CT molecular complexity index is 4740. The van der Waals surface area contributed by atoms with Crippen LogP contribution in [0.25, 0.3) is 83.1 Å². The minimum atomic E-state index is -1.24. The average molecular weight is 817 g/mol. The van der Waals surface area contributed by atoms with Crippen molar-refractivity contribution in [2.75, 3.05) is 4.90 Å². The van der Waals surface area contributed by atoms with Gasteiger partial charge >= 0.3 is 0 Å². The molecule has 0 bridgehead atoms. The summed E-state index contributed by atoms with van der Waals surface area (Å²) in [6.45, 7) is 0. The second-order valence-corrected chi connectivity index (χ2v) is 13.7. The van der Waals surface area contributed by atoms with Gasteiger partial charge in [-0.25, -0.2) is 0 Å². The summed E-state index contributed by atoms with van der Waals surface area (Å²) in [7, 11) is 0. The monoisotopic (exact) mass is 816 g/mol. The molecule has 11 aromatic rings. The highest BCUT2D eigenvalue weighted by atomic mass is 15.1. The van der Waals surface area contributed by atoms with Crippen LogP contribution in [-0.2, 0) is 0 Å². The lowest BCUT2D eigenvalue weighted by molar-refractivity contribution is 1.18. The second-order valence-electron chi connectivity index (χ2n) is 13.7. The molecule has 10 aromatic carbocycles. The van der Waals surface area contributed by atoms with E-state index in [1.165, 1.54) is 0 Å². The molecule has 0 atom stereocenters. The van der Waals surface area contributed by atoms with Gasteiger partial charge in [-0.3, -0.25) is 0 Å². The molecule has 0 spiro atoms. The molecule has 1 heterocycles. The minimum Gasteiger partial charge on any atom is -0.310 e. The molecule has 0 saturated heterocycles. The smallest absolute Gasteiger partial charge is 0.0645 e. The zero-order valence-electron chi connectivity index (χ0n) is 58.1. The molecule has 2 heteroatoms. The van der Waals surface area contributed by atoms with Crippen LogP contribution in [0.2, 0.25) is 0 Å².